The first kappa shape index (κ1) is 22.2. The molecule has 2 rings (SSSR count). The van der Waals surface area contributed by atoms with Crippen LogP contribution < -0.4 is 10.9 Å². The number of hydrogen-bond donors (Lipinski definition) is 1. The molecule has 0 saturated carbocycles. The first-order valence-corrected chi connectivity index (χ1v) is 8.73. The van der Waals surface area contributed by atoms with Gasteiger partial charge in [0.2, 0.25) is 5.56 Å². The Morgan fingerprint density at radius 3 is 2.54 bits per heavy atom. The standard InChI is InChI=1S/C20H28N4O.HI/c1-17-9-11-18(12-10-17)16-23(3)20(21-2)22-13-5-7-15-24-14-6-4-8-19(24)25;/h4,6,8-12,14H,5,7,13,15-16H2,1-3H3,(H,21,22);1H. The van der Waals surface area contributed by atoms with Gasteiger partial charge in [-0.25, -0.2) is 0 Å². The van der Waals surface area contributed by atoms with E-state index in [1.165, 1.54) is 11.1 Å². The number of nitrogens with one attached hydrogen (secondary N) is 1. The molecule has 142 valence electrons. The predicted molar refractivity (Wildman–Crippen MR) is 119 cm³/mol. The Labute approximate surface area is 173 Å². The number of halogens is 1. The number of nitrogens with zero attached hydrogens (tertiary/aromatic N) is 3. The Balaban J connectivity index is 0.00000338. The number of rotatable bonds is 7. The van der Waals surface area contributed by atoms with Crippen molar-refractivity contribution < 1.29 is 0 Å². The van der Waals surface area contributed by atoms with Crippen molar-refractivity contribution in [3.8, 4) is 0 Å². The van der Waals surface area contributed by atoms with Crippen molar-refractivity contribution in [3.05, 3.63) is 70.1 Å². The summed E-state index contributed by atoms with van der Waals surface area (Å²) in [5.41, 5.74) is 2.59. The summed E-state index contributed by atoms with van der Waals surface area (Å²) in [6.07, 6.45) is 3.78. The number of unbranched alkanes of at least 4 members (excludes halogenated alkanes) is 1. The molecule has 2 aromatic rings. The Morgan fingerprint density at radius 2 is 1.88 bits per heavy atom. The Bertz CT molecular complexity index is 740. The maximum Gasteiger partial charge on any atom is 0.250 e. The third-order valence-electron chi connectivity index (χ3n) is 4.12. The molecule has 0 amide bonds. The van der Waals surface area contributed by atoms with E-state index in [2.05, 4.69) is 46.4 Å². The van der Waals surface area contributed by atoms with Gasteiger partial charge in [0.1, 0.15) is 0 Å². The number of aryl methyl sites for hydroxylation is 2. The normalized spacial score (nSPS) is 11.0. The molecular formula is C20H29IN4O. The molecular weight excluding hydrogens is 439 g/mol. The number of benzene rings is 1. The average Bonchev–Trinajstić information content (AvgIpc) is 2.61. The molecule has 0 saturated heterocycles. The molecule has 1 aromatic heterocycles. The van der Waals surface area contributed by atoms with Crippen LogP contribution in [0.5, 0.6) is 0 Å². The van der Waals surface area contributed by atoms with E-state index >= 15 is 0 Å². The van der Waals surface area contributed by atoms with Crippen molar-refractivity contribution in [2.45, 2.75) is 32.9 Å². The highest BCUT2D eigenvalue weighted by molar-refractivity contribution is 14.0. The minimum Gasteiger partial charge on any atom is -0.356 e. The molecule has 0 atom stereocenters. The second kappa shape index (κ2) is 11.7. The quantitative estimate of drug-likeness (QED) is 0.294. The molecule has 0 aliphatic rings. The van der Waals surface area contributed by atoms with E-state index in [0.717, 1.165) is 38.4 Å². The van der Waals surface area contributed by atoms with Gasteiger partial charge in [0, 0.05) is 46.0 Å². The van der Waals surface area contributed by atoms with Crippen LogP contribution >= 0.6 is 24.0 Å². The van der Waals surface area contributed by atoms with Crippen molar-refractivity contribution >= 4 is 29.9 Å². The van der Waals surface area contributed by atoms with E-state index in [1.807, 2.05) is 19.3 Å². The molecule has 0 unspecified atom stereocenters. The van der Waals surface area contributed by atoms with Crippen LogP contribution in [0.25, 0.3) is 0 Å². The lowest BCUT2D eigenvalue weighted by atomic mass is 10.1. The molecule has 0 aliphatic carbocycles. The average molecular weight is 468 g/mol. The fraction of sp³-hybridized carbons (Fsp3) is 0.400. The van der Waals surface area contributed by atoms with Crippen LogP contribution in [0.1, 0.15) is 24.0 Å². The molecule has 0 bridgehead atoms. The Kier molecular flexibility index (Phi) is 10.0. The fourth-order valence-corrected chi connectivity index (χ4v) is 2.68. The van der Waals surface area contributed by atoms with Gasteiger partial charge in [-0.05, 0) is 31.4 Å². The zero-order valence-corrected chi connectivity index (χ0v) is 18.1. The lowest BCUT2D eigenvalue weighted by molar-refractivity contribution is 0.473. The first-order valence-electron chi connectivity index (χ1n) is 8.73. The number of aliphatic imine (C=N–C) groups is 1. The van der Waals surface area contributed by atoms with Gasteiger partial charge in [-0.1, -0.05) is 35.9 Å². The molecule has 0 fully saturated rings. The van der Waals surface area contributed by atoms with Gasteiger partial charge >= 0.3 is 0 Å². The van der Waals surface area contributed by atoms with Crippen molar-refractivity contribution in [3.63, 3.8) is 0 Å². The number of guanidine groups is 1. The lowest BCUT2D eigenvalue weighted by Gasteiger charge is -2.22. The fourth-order valence-electron chi connectivity index (χ4n) is 2.68. The van der Waals surface area contributed by atoms with Crippen LogP contribution in [0.15, 0.2) is 58.4 Å². The Morgan fingerprint density at radius 1 is 1.15 bits per heavy atom. The van der Waals surface area contributed by atoms with Gasteiger partial charge in [0.25, 0.3) is 0 Å². The molecule has 5 nitrogen and oxygen atoms in total. The van der Waals surface area contributed by atoms with Crippen molar-refractivity contribution in [2.75, 3.05) is 20.6 Å². The summed E-state index contributed by atoms with van der Waals surface area (Å²) in [5, 5.41) is 3.39. The van der Waals surface area contributed by atoms with Gasteiger partial charge < -0.3 is 14.8 Å². The van der Waals surface area contributed by atoms with Crippen LogP contribution in [-0.2, 0) is 13.1 Å². The van der Waals surface area contributed by atoms with Gasteiger partial charge in [-0.3, -0.25) is 9.79 Å². The SMILES string of the molecule is CN=C(NCCCCn1ccccc1=O)N(C)Cc1ccc(C)cc1.I. The van der Waals surface area contributed by atoms with E-state index < -0.39 is 0 Å². The first-order chi connectivity index (χ1) is 12.1. The summed E-state index contributed by atoms with van der Waals surface area (Å²) in [6, 6.07) is 13.8. The summed E-state index contributed by atoms with van der Waals surface area (Å²) < 4.78 is 1.75. The van der Waals surface area contributed by atoms with E-state index in [-0.39, 0.29) is 29.5 Å². The molecule has 0 aliphatic heterocycles. The molecule has 26 heavy (non-hydrogen) atoms. The number of aromatic nitrogens is 1. The number of pyridine rings is 1. The zero-order valence-electron chi connectivity index (χ0n) is 15.8. The maximum absolute atomic E-state index is 11.6. The van der Waals surface area contributed by atoms with Crippen molar-refractivity contribution in [1.29, 1.82) is 0 Å². The highest BCUT2D eigenvalue weighted by atomic mass is 127. The van der Waals surface area contributed by atoms with Crippen LogP contribution in [0.3, 0.4) is 0 Å². The van der Waals surface area contributed by atoms with Crippen molar-refractivity contribution in [1.82, 2.24) is 14.8 Å². The minimum atomic E-state index is 0. The van der Waals surface area contributed by atoms with Gasteiger partial charge in [-0.2, -0.15) is 0 Å². The highest BCUT2D eigenvalue weighted by Gasteiger charge is 2.06. The monoisotopic (exact) mass is 468 g/mol. The predicted octanol–water partition coefficient (Wildman–Crippen LogP) is 3.26. The maximum atomic E-state index is 11.6. The molecule has 6 heteroatoms. The topological polar surface area (TPSA) is 49.6 Å². The third kappa shape index (κ3) is 7.19. The van der Waals surface area contributed by atoms with E-state index in [4.69, 9.17) is 0 Å². The molecule has 1 aromatic carbocycles. The molecule has 0 spiro atoms. The van der Waals surface area contributed by atoms with E-state index in [0.29, 0.717) is 0 Å². The van der Waals surface area contributed by atoms with Crippen LogP contribution in [0.2, 0.25) is 0 Å². The van der Waals surface area contributed by atoms with Crippen LogP contribution in [-0.4, -0.2) is 36.1 Å². The van der Waals surface area contributed by atoms with Crippen LogP contribution in [0, 0.1) is 6.92 Å². The summed E-state index contributed by atoms with van der Waals surface area (Å²) >= 11 is 0. The van der Waals surface area contributed by atoms with Gasteiger partial charge in [0.05, 0.1) is 0 Å². The largest absolute Gasteiger partial charge is 0.356 e. The van der Waals surface area contributed by atoms with E-state index in [9.17, 15) is 4.79 Å². The van der Waals surface area contributed by atoms with Crippen molar-refractivity contribution in [2.24, 2.45) is 4.99 Å². The molecule has 0 radical (unpaired) electrons. The van der Waals surface area contributed by atoms with Gasteiger partial charge in [-0.15, -0.1) is 24.0 Å². The zero-order chi connectivity index (χ0) is 18.1. The summed E-state index contributed by atoms with van der Waals surface area (Å²) in [5.74, 6) is 0.887. The summed E-state index contributed by atoms with van der Waals surface area (Å²) in [6.45, 7) is 4.50. The third-order valence-corrected chi connectivity index (χ3v) is 4.12. The van der Waals surface area contributed by atoms with E-state index in [1.54, 1.807) is 23.7 Å². The second-order valence-electron chi connectivity index (χ2n) is 6.26. The van der Waals surface area contributed by atoms with Gasteiger partial charge in [0.15, 0.2) is 5.96 Å². The summed E-state index contributed by atoms with van der Waals surface area (Å²) in [7, 11) is 3.84. The lowest BCUT2D eigenvalue weighted by Crippen LogP contribution is -2.38. The summed E-state index contributed by atoms with van der Waals surface area (Å²) in [4.78, 5) is 18.1. The highest BCUT2D eigenvalue weighted by Crippen LogP contribution is 2.06. The number of hydrogen-bond acceptors (Lipinski definition) is 2. The minimum absolute atomic E-state index is 0. The molecule has 1 heterocycles. The smallest absolute Gasteiger partial charge is 0.250 e. The second-order valence-corrected chi connectivity index (χ2v) is 6.26. The molecule has 1 N–H and O–H groups in total. The Hall–Kier alpha value is -1.83. The van der Waals surface area contributed by atoms with Crippen LogP contribution in [0.4, 0.5) is 0 Å².